The molecule has 0 aliphatic rings. The zero-order valence-corrected chi connectivity index (χ0v) is 26.9. The summed E-state index contributed by atoms with van der Waals surface area (Å²) in [6.45, 7) is 0. The van der Waals surface area contributed by atoms with Crippen molar-refractivity contribution in [2.45, 2.75) is 0 Å². The van der Waals surface area contributed by atoms with Crippen molar-refractivity contribution >= 4 is 67.1 Å². The van der Waals surface area contributed by atoms with Crippen molar-refractivity contribution in [2.24, 2.45) is 0 Å². The van der Waals surface area contributed by atoms with Crippen LogP contribution in [-0.2, 0) is 0 Å². The summed E-state index contributed by atoms with van der Waals surface area (Å²) in [5, 5.41) is 12.1. The van der Waals surface area contributed by atoms with Crippen LogP contribution < -0.4 is 15.9 Å². The molecule has 0 amide bonds. The van der Waals surface area contributed by atoms with Crippen LogP contribution in [0.1, 0.15) is 0 Å². The van der Waals surface area contributed by atoms with Crippen LogP contribution in [0.4, 0.5) is 4.39 Å². The number of hydrogen-bond donors (Lipinski definition) is 0. The quantitative estimate of drug-likeness (QED) is 0.136. The summed E-state index contributed by atoms with van der Waals surface area (Å²) in [4.78, 5) is 5.35. The topological polar surface area (TPSA) is 12.9 Å². The molecule has 48 heavy (non-hydrogen) atoms. The Hall–Kier alpha value is -5.69. The highest BCUT2D eigenvalue weighted by Gasteiger charge is 2.19. The summed E-state index contributed by atoms with van der Waals surface area (Å²) in [6.07, 6.45) is 0. The molecule has 0 atom stereocenters. The average molecular weight is 634 g/mol. The van der Waals surface area contributed by atoms with Crippen molar-refractivity contribution in [3.05, 3.63) is 182 Å². The molecular formula is C45H29FNP. The third-order valence-electron chi connectivity index (χ3n) is 9.27. The smallest absolute Gasteiger partial charge is 0.123 e. The molecule has 0 aliphatic heterocycles. The van der Waals surface area contributed by atoms with E-state index in [9.17, 15) is 4.39 Å². The fourth-order valence-corrected chi connectivity index (χ4v) is 9.36. The van der Waals surface area contributed by atoms with Gasteiger partial charge in [0.05, 0.1) is 11.2 Å². The van der Waals surface area contributed by atoms with Crippen LogP contribution in [0.2, 0.25) is 0 Å². The molecule has 0 fully saturated rings. The van der Waals surface area contributed by atoms with Crippen LogP contribution in [-0.4, -0.2) is 4.98 Å². The molecule has 0 spiro atoms. The lowest BCUT2D eigenvalue weighted by Crippen LogP contribution is -2.20. The fourth-order valence-electron chi connectivity index (χ4n) is 7.08. The first kappa shape index (κ1) is 28.5. The number of fused-ring (bicyclic) bond motifs is 8. The first-order valence-electron chi connectivity index (χ1n) is 16.2. The number of nitrogens with zero attached hydrogens (tertiary/aromatic N) is 1. The van der Waals surface area contributed by atoms with Gasteiger partial charge in [0.15, 0.2) is 0 Å². The Balaban J connectivity index is 1.25. The lowest BCUT2D eigenvalue weighted by Gasteiger charge is -2.20. The second-order valence-electron chi connectivity index (χ2n) is 12.1. The summed E-state index contributed by atoms with van der Waals surface area (Å²) >= 11 is 0. The first-order chi connectivity index (χ1) is 23.7. The summed E-state index contributed by atoms with van der Waals surface area (Å²) in [5.41, 5.74) is 4.93. The molecule has 1 nitrogen and oxygen atoms in total. The average Bonchev–Trinajstić information content (AvgIpc) is 3.16. The SMILES string of the molecule is Fc1ccc(-c2nc3cc(-c4ccc(P(c5ccccc5)c5ccccc5)cc4)ccc3c3c4ccccc4c4ccccc4c23)cc1. The zero-order valence-electron chi connectivity index (χ0n) is 26.0. The zero-order chi connectivity index (χ0) is 32.0. The van der Waals surface area contributed by atoms with Crippen LogP contribution in [0, 0.1) is 5.82 Å². The van der Waals surface area contributed by atoms with Crippen molar-refractivity contribution in [2.75, 3.05) is 0 Å². The van der Waals surface area contributed by atoms with Crippen molar-refractivity contribution in [1.82, 2.24) is 4.98 Å². The highest BCUT2D eigenvalue weighted by atomic mass is 31.1. The lowest BCUT2D eigenvalue weighted by atomic mass is 9.89. The van der Waals surface area contributed by atoms with Crippen LogP contribution in [0.5, 0.6) is 0 Å². The Morgan fingerprint density at radius 3 is 1.46 bits per heavy atom. The number of benzene rings is 8. The summed E-state index contributed by atoms with van der Waals surface area (Å²) in [5.74, 6) is -0.256. The Morgan fingerprint density at radius 1 is 0.375 bits per heavy atom. The van der Waals surface area contributed by atoms with E-state index in [1.807, 2.05) is 12.1 Å². The maximum Gasteiger partial charge on any atom is 0.123 e. The van der Waals surface area contributed by atoms with Crippen LogP contribution >= 0.6 is 7.92 Å². The molecular weight excluding hydrogens is 604 g/mol. The second-order valence-corrected chi connectivity index (χ2v) is 14.3. The lowest BCUT2D eigenvalue weighted by molar-refractivity contribution is 0.628. The van der Waals surface area contributed by atoms with E-state index in [1.54, 1.807) is 0 Å². The minimum absolute atomic E-state index is 0.256. The largest absolute Gasteiger partial charge is 0.247 e. The summed E-state index contributed by atoms with van der Waals surface area (Å²) in [6, 6.07) is 61.2. The third kappa shape index (κ3) is 4.85. The van der Waals surface area contributed by atoms with Gasteiger partial charge in [0.1, 0.15) is 5.82 Å². The predicted molar refractivity (Wildman–Crippen MR) is 204 cm³/mol. The molecule has 0 radical (unpaired) electrons. The van der Waals surface area contributed by atoms with Gasteiger partial charge in [0.25, 0.3) is 0 Å². The van der Waals surface area contributed by atoms with E-state index in [-0.39, 0.29) is 5.82 Å². The number of aromatic nitrogens is 1. The molecule has 0 N–H and O–H groups in total. The van der Waals surface area contributed by atoms with Crippen molar-refractivity contribution in [3.63, 3.8) is 0 Å². The van der Waals surface area contributed by atoms with Crippen molar-refractivity contribution < 1.29 is 4.39 Å². The molecule has 0 saturated heterocycles. The normalized spacial score (nSPS) is 11.6. The van der Waals surface area contributed by atoms with Crippen molar-refractivity contribution in [3.8, 4) is 22.4 Å². The van der Waals surface area contributed by atoms with Gasteiger partial charge in [-0.15, -0.1) is 0 Å². The molecule has 9 rings (SSSR count). The monoisotopic (exact) mass is 633 g/mol. The van der Waals surface area contributed by atoms with Gasteiger partial charge in [-0.3, -0.25) is 0 Å². The molecule has 3 heteroatoms. The van der Waals surface area contributed by atoms with E-state index in [0.717, 1.165) is 44.1 Å². The maximum absolute atomic E-state index is 14.1. The van der Waals surface area contributed by atoms with Gasteiger partial charge in [-0.2, -0.15) is 0 Å². The van der Waals surface area contributed by atoms with Crippen LogP contribution in [0.15, 0.2) is 176 Å². The Kier molecular flexibility index (Phi) is 7.03. The van der Waals surface area contributed by atoms with Gasteiger partial charge in [0.2, 0.25) is 0 Å². The molecule has 0 unspecified atom stereocenters. The fraction of sp³-hybridized carbons (Fsp3) is 0. The Bertz CT molecular complexity index is 2560. The van der Waals surface area contributed by atoms with E-state index in [0.29, 0.717) is 0 Å². The van der Waals surface area contributed by atoms with E-state index < -0.39 is 7.92 Å². The molecule has 0 aliphatic carbocycles. The van der Waals surface area contributed by atoms with E-state index >= 15 is 0 Å². The van der Waals surface area contributed by atoms with E-state index in [2.05, 4.69) is 152 Å². The van der Waals surface area contributed by atoms with Gasteiger partial charge in [-0.1, -0.05) is 146 Å². The highest BCUT2D eigenvalue weighted by molar-refractivity contribution is 7.79. The standard InChI is InChI=1S/C45H29FNP/c46-33-24-19-31(20-25-33)45-44-40-18-10-8-16-38(40)37-15-7-9-17-39(37)43(44)41-28-23-32(29-42(41)47-45)30-21-26-36(27-22-30)48(34-11-3-1-4-12-34)35-13-5-2-6-14-35/h1-29H. The number of rotatable bonds is 5. The second kappa shape index (κ2) is 11.8. The molecule has 0 bridgehead atoms. The van der Waals surface area contributed by atoms with Crippen molar-refractivity contribution in [1.29, 1.82) is 0 Å². The van der Waals surface area contributed by atoms with E-state index in [1.165, 1.54) is 49.6 Å². The highest BCUT2D eigenvalue weighted by Crippen LogP contribution is 2.43. The molecule has 1 aromatic heterocycles. The van der Waals surface area contributed by atoms with Gasteiger partial charge in [-0.05, 0) is 86.8 Å². The minimum atomic E-state index is -0.679. The minimum Gasteiger partial charge on any atom is -0.247 e. The molecule has 0 saturated carbocycles. The maximum atomic E-state index is 14.1. The summed E-state index contributed by atoms with van der Waals surface area (Å²) in [7, 11) is -0.679. The third-order valence-corrected chi connectivity index (χ3v) is 11.7. The predicted octanol–water partition coefficient (Wildman–Crippen LogP) is 10.9. The van der Waals surface area contributed by atoms with Gasteiger partial charge in [0, 0.05) is 21.7 Å². The van der Waals surface area contributed by atoms with Gasteiger partial charge in [-0.25, -0.2) is 9.37 Å². The number of halogens is 1. The Morgan fingerprint density at radius 2 is 0.854 bits per heavy atom. The number of hydrogen-bond acceptors (Lipinski definition) is 1. The van der Waals surface area contributed by atoms with E-state index in [4.69, 9.17) is 4.98 Å². The molecule has 226 valence electrons. The van der Waals surface area contributed by atoms with Gasteiger partial charge < -0.3 is 0 Å². The van der Waals surface area contributed by atoms with Gasteiger partial charge >= 0.3 is 0 Å². The molecule has 8 aromatic carbocycles. The van der Waals surface area contributed by atoms with Crippen LogP contribution in [0.3, 0.4) is 0 Å². The van der Waals surface area contributed by atoms with Crippen LogP contribution in [0.25, 0.3) is 65.6 Å². The summed E-state index contributed by atoms with van der Waals surface area (Å²) < 4.78 is 14.1. The first-order valence-corrected chi connectivity index (χ1v) is 17.5. The number of pyridine rings is 1. The molecule has 1 heterocycles. The molecule has 9 aromatic rings. The Labute approximate surface area is 279 Å².